The zero-order chi connectivity index (χ0) is 18.2. The minimum atomic E-state index is -0.153. The summed E-state index contributed by atoms with van der Waals surface area (Å²) in [4.78, 5) is 25.4. The Bertz CT molecular complexity index is 750. The number of para-hydroxylation sites is 1. The summed E-state index contributed by atoms with van der Waals surface area (Å²) in [5.74, 6) is -0.264. The Morgan fingerprint density at radius 3 is 2.52 bits per heavy atom. The third-order valence-electron chi connectivity index (χ3n) is 3.71. The molecule has 0 spiro atoms. The summed E-state index contributed by atoms with van der Waals surface area (Å²) in [5.41, 5.74) is 1.68. The van der Waals surface area contributed by atoms with Gasteiger partial charge < -0.3 is 10.2 Å². The number of hydrogen-bond donors (Lipinski definition) is 1. The summed E-state index contributed by atoms with van der Waals surface area (Å²) in [6.45, 7) is 2.26. The summed E-state index contributed by atoms with van der Waals surface area (Å²) in [6, 6.07) is 14.6. The van der Waals surface area contributed by atoms with Crippen LogP contribution in [0.25, 0.3) is 0 Å². The number of nitrogens with one attached hydrogen (secondary N) is 1. The first kappa shape index (κ1) is 19.3. The maximum absolute atomic E-state index is 12.0. The van der Waals surface area contributed by atoms with Crippen LogP contribution < -0.4 is 10.2 Å². The summed E-state index contributed by atoms with van der Waals surface area (Å²) in [5, 5.41) is 4.02. The van der Waals surface area contributed by atoms with Crippen LogP contribution in [0.5, 0.6) is 0 Å². The van der Waals surface area contributed by atoms with Crippen molar-refractivity contribution in [3.8, 4) is 0 Å². The number of amides is 2. The Morgan fingerprint density at radius 2 is 1.84 bits per heavy atom. The Balaban J connectivity index is 1.83. The quantitative estimate of drug-likeness (QED) is 0.788. The molecule has 2 rings (SSSR count). The van der Waals surface area contributed by atoms with E-state index in [-0.39, 0.29) is 24.8 Å². The number of anilines is 1. The zero-order valence-corrected chi connectivity index (χ0v) is 15.5. The zero-order valence-electron chi connectivity index (χ0n) is 14.0. The second-order valence-electron chi connectivity index (χ2n) is 5.60. The molecule has 132 valence electrons. The van der Waals surface area contributed by atoms with E-state index >= 15 is 0 Å². The van der Waals surface area contributed by atoms with Gasteiger partial charge in [-0.25, -0.2) is 0 Å². The van der Waals surface area contributed by atoms with Gasteiger partial charge in [-0.1, -0.05) is 47.5 Å². The molecule has 6 heteroatoms. The van der Waals surface area contributed by atoms with Crippen LogP contribution in [0.1, 0.15) is 18.9 Å². The van der Waals surface area contributed by atoms with E-state index in [2.05, 4.69) is 5.32 Å². The van der Waals surface area contributed by atoms with Crippen molar-refractivity contribution in [1.82, 2.24) is 5.32 Å². The number of carbonyl (C=O) groups excluding carboxylic acids is 2. The molecule has 25 heavy (non-hydrogen) atoms. The van der Waals surface area contributed by atoms with Crippen molar-refractivity contribution in [2.45, 2.75) is 19.8 Å². The van der Waals surface area contributed by atoms with Crippen LogP contribution in [0.4, 0.5) is 5.69 Å². The Kier molecular flexibility index (Phi) is 7.29. The minimum absolute atomic E-state index is 0.111. The van der Waals surface area contributed by atoms with E-state index in [4.69, 9.17) is 23.2 Å². The van der Waals surface area contributed by atoms with Crippen molar-refractivity contribution in [2.75, 3.05) is 18.0 Å². The molecule has 0 aromatic heterocycles. The van der Waals surface area contributed by atoms with Gasteiger partial charge in [-0.3, -0.25) is 9.59 Å². The lowest BCUT2D eigenvalue weighted by Gasteiger charge is -2.22. The molecule has 0 bridgehead atoms. The van der Waals surface area contributed by atoms with Crippen LogP contribution in [-0.2, 0) is 16.0 Å². The van der Waals surface area contributed by atoms with Crippen LogP contribution in [0.15, 0.2) is 48.5 Å². The standard InChI is InChI=1S/C19H20Cl2N2O2/c1-14(24)23(18-8-3-2-7-17(18)21)12-10-19(25)22-11-9-15-5-4-6-16(20)13-15/h2-8,13H,9-12H2,1H3,(H,22,25). The highest BCUT2D eigenvalue weighted by Gasteiger charge is 2.15. The molecule has 0 saturated heterocycles. The molecule has 2 amide bonds. The lowest BCUT2D eigenvalue weighted by Crippen LogP contribution is -2.34. The maximum atomic E-state index is 12.0. The van der Waals surface area contributed by atoms with Gasteiger partial charge >= 0.3 is 0 Å². The van der Waals surface area contributed by atoms with Crippen molar-refractivity contribution < 1.29 is 9.59 Å². The molecule has 4 nitrogen and oxygen atoms in total. The van der Waals surface area contributed by atoms with Crippen molar-refractivity contribution in [3.05, 3.63) is 64.1 Å². The molecule has 0 heterocycles. The molecule has 1 N–H and O–H groups in total. The van der Waals surface area contributed by atoms with Gasteiger partial charge in [0.25, 0.3) is 0 Å². The van der Waals surface area contributed by atoms with Gasteiger partial charge in [-0.15, -0.1) is 0 Å². The lowest BCUT2D eigenvalue weighted by molar-refractivity contribution is -0.121. The Morgan fingerprint density at radius 1 is 1.08 bits per heavy atom. The van der Waals surface area contributed by atoms with E-state index < -0.39 is 0 Å². The van der Waals surface area contributed by atoms with E-state index in [1.165, 1.54) is 11.8 Å². The molecule has 0 aliphatic heterocycles. The Labute approximate surface area is 157 Å². The fraction of sp³-hybridized carbons (Fsp3) is 0.263. The lowest BCUT2D eigenvalue weighted by atomic mass is 10.1. The van der Waals surface area contributed by atoms with Crippen LogP contribution in [0, 0.1) is 0 Å². The SMILES string of the molecule is CC(=O)N(CCC(=O)NCCc1cccc(Cl)c1)c1ccccc1Cl. The van der Waals surface area contributed by atoms with Gasteiger partial charge in [0.15, 0.2) is 0 Å². The van der Waals surface area contributed by atoms with E-state index in [0.29, 0.717) is 28.7 Å². The number of benzene rings is 2. The van der Waals surface area contributed by atoms with Crippen molar-refractivity contribution in [2.24, 2.45) is 0 Å². The predicted molar refractivity (Wildman–Crippen MR) is 102 cm³/mol. The fourth-order valence-corrected chi connectivity index (χ4v) is 2.91. The minimum Gasteiger partial charge on any atom is -0.356 e. The first-order chi connectivity index (χ1) is 12.0. The molecule has 2 aromatic rings. The van der Waals surface area contributed by atoms with Gasteiger partial charge in [-0.2, -0.15) is 0 Å². The monoisotopic (exact) mass is 378 g/mol. The molecule has 0 radical (unpaired) electrons. The summed E-state index contributed by atoms with van der Waals surface area (Å²) in [7, 11) is 0. The van der Waals surface area contributed by atoms with Crippen molar-refractivity contribution in [1.29, 1.82) is 0 Å². The van der Waals surface area contributed by atoms with Crippen molar-refractivity contribution in [3.63, 3.8) is 0 Å². The molecule has 0 aliphatic carbocycles. The van der Waals surface area contributed by atoms with Gasteiger partial charge in [0.05, 0.1) is 10.7 Å². The van der Waals surface area contributed by atoms with Gasteiger partial charge in [0, 0.05) is 31.5 Å². The van der Waals surface area contributed by atoms with Crippen LogP contribution in [0.3, 0.4) is 0 Å². The summed E-state index contributed by atoms with van der Waals surface area (Å²) in [6.07, 6.45) is 0.910. The average Bonchev–Trinajstić information content (AvgIpc) is 2.56. The highest BCUT2D eigenvalue weighted by atomic mass is 35.5. The molecular formula is C19H20Cl2N2O2. The van der Waals surface area contributed by atoms with Gasteiger partial charge in [0.1, 0.15) is 0 Å². The topological polar surface area (TPSA) is 49.4 Å². The second-order valence-corrected chi connectivity index (χ2v) is 6.45. The third kappa shape index (κ3) is 6.07. The van der Waals surface area contributed by atoms with E-state index in [9.17, 15) is 9.59 Å². The number of halogens is 2. The Hall–Kier alpha value is -2.04. The average molecular weight is 379 g/mol. The highest BCUT2D eigenvalue weighted by Crippen LogP contribution is 2.25. The van der Waals surface area contributed by atoms with E-state index in [1.54, 1.807) is 18.2 Å². The van der Waals surface area contributed by atoms with Gasteiger partial charge in [-0.05, 0) is 36.2 Å². The third-order valence-corrected chi connectivity index (χ3v) is 4.27. The first-order valence-electron chi connectivity index (χ1n) is 8.01. The number of rotatable bonds is 7. The number of hydrogen-bond acceptors (Lipinski definition) is 2. The molecule has 0 aliphatic rings. The summed E-state index contributed by atoms with van der Waals surface area (Å²) >= 11 is 12.1. The van der Waals surface area contributed by atoms with Crippen LogP contribution >= 0.6 is 23.2 Å². The number of nitrogens with zero attached hydrogens (tertiary/aromatic N) is 1. The largest absolute Gasteiger partial charge is 0.356 e. The smallest absolute Gasteiger partial charge is 0.223 e. The van der Waals surface area contributed by atoms with Crippen molar-refractivity contribution >= 4 is 40.7 Å². The normalized spacial score (nSPS) is 10.4. The molecule has 0 fully saturated rings. The maximum Gasteiger partial charge on any atom is 0.223 e. The fourth-order valence-electron chi connectivity index (χ4n) is 2.46. The van der Waals surface area contributed by atoms with E-state index in [0.717, 1.165) is 5.56 Å². The molecule has 0 unspecified atom stereocenters. The molecule has 0 saturated carbocycles. The highest BCUT2D eigenvalue weighted by molar-refractivity contribution is 6.33. The van der Waals surface area contributed by atoms with Crippen LogP contribution in [0.2, 0.25) is 10.0 Å². The summed E-state index contributed by atoms with van der Waals surface area (Å²) < 4.78 is 0. The first-order valence-corrected chi connectivity index (χ1v) is 8.76. The predicted octanol–water partition coefficient (Wildman–Crippen LogP) is 4.10. The molecule has 0 atom stereocenters. The van der Waals surface area contributed by atoms with Crippen LogP contribution in [-0.4, -0.2) is 24.9 Å². The van der Waals surface area contributed by atoms with Gasteiger partial charge in [0.2, 0.25) is 11.8 Å². The molecule has 2 aromatic carbocycles. The number of carbonyl (C=O) groups is 2. The molecular weight excluding hydrogens is 359 g/mol. The second kappa shape index (κ2) is 9.44. The van der Waals surface area contributed by atoms with E-state index in [1.807, 2.05) is 30.3 Å².